The maximum atomic E-state index is 5.55. The molecule has 3 aromatic carbocycles. The summed E-state index contributed by atoms with van der Waals surface area (Å²) in [5.41, 5.74) is 5.08. The fourth-order valence-electron chi connectivity index (χ4n) is 4.48. The number of rotatable bonds is 10. The molecular formula is C30H36N2O2. The average Bonchev–Trinajstić information content (AvgIpc) is 2.92. The molecule has 1 atom stereocenters. The number of morpholine rings is 1. The fraction of sp³-hybridized carbons (Fsp3) is 0.333. The Labute approximate surface area is 204 Å². The summed E-state index contributed by atoms with van der Waals surface area (Å²) in [6.45, 7) is 8.92. The zero-order valence-electron chi connectivity index (χ0n) is 20.4. The van der Waals surface area contributed by atoms with E-state index in [1.54, 1.807) is 7.11 Å². The van der Waals surface area contributed by atoms with Crippen LogP contribution < -0.4 is 4.74 Å². The van der Waals surface area contributed by atoms with E-state index in [-0.39, 0.29) is 6.04 Å². The van der Waals surface area contributed by atoms with Gasteiger partial charge in [-0.3, -0.25) is 9.80 Å². The van der Waals surface area contributed by atoms with Crippen molar-refractivity contribution in [2.24, 2.45) is 0 Å². The van der Waals surface area contributed by atoms with Crippen LogP contribution in [0.1, 0.15) is 29.7 Å². The minimum absolute atomic E-state index is 0.288. The molecule has 4 rings (SSSR count). The van der Waals surface area contributed by atoms with Crippen LogP contribution in [0.25, 0.3) is 5.57 Å². The quantitative estimate of drug-likeness (QED) is 0.401. The van der Waals surface area contributed by atoms with Gasteiger partial charge in [-0.05, 0) is 41.3 Å². The highest BCUT2D eigenvalue weighted by atomic mass is 16.5. The van der Waals surface area contributed by atoms with E-state index in [0.29, 0.717) is 0 Å². The Bertz CT molecular complexity index is 971. The highest BCUT2D eigenvalue weighted by molar-refractivity contribution is 5.79. The predicted molar refractivity (Wildman–Crippen MR) is 140 cm³/mol. The van der Waals surface area contributed by atoms with Gasteiger partial charge in [0.15, 0.2) is 0 Å². The average molecular weight is 457 g/mol. The first-order valence-corrected chi connectivity index (χ1v) is 12.2. The molecule has 0 amide bonds. The Kier molecular flexibility index (Phi) is 8.91. The van der Waals surface area contributed by atoms with Gasteiger partial charge in [-0.1, -0.05) is 78.9 Å². The molecule has 1 aliphatic heterocycles. The van der Waals surface area contributed by atoms with Crippen LogP contribution in [0.2, 0.25) is 0 Å². The Hall–Kier alpha value is -2.92. The lowest BCUT2D eigenvalue weighted by Gasteiger charge is -2.33. The smallest absolute Gasteiger partial charge is 0.118 e. The third-order valence-electron chi connectivity index (χ3n) is 6.65. The molecule has 0 N–H and O–H groups in total. The molecule has 0 bridgehead atoms. The van der Waals surface area contributed by atoms with Gasteiger partial charge in [0.25, 0.3) is 0 Å². The summed E-state index contributed by atoms with van der Waals surface area (Å²) in [5.74, 6) is 0.895. The van der Waals surface area contributed by atoms with E-state index in [1.807, 2.05) is 0 Å². The van der Waals surface area contributed by atoms with E-state index in [9.17, 15) is 0 Å². The van der Waals surface area contributed by atoms with Crippen molar-refractivity contribution in [3.63, 3.8) is 0 Å². The maximum Gasteiger partial charge on any atom is 0.118 e. The SMILES string of the molecule is COc1ccc(C(C)N(CC=C(c2ccccc2)c2ccccc2)CCN2CCOCC2)cc1. The first-order valence-electron chi connectivity index (χ1n) is 12.2. The number of hydrogen-bond acceptors (Lipinski definition) is 4. The van der Waals surface area contributed by atoms with E-state index in [1.165, 1.54) is 22.3 Å². The van der Waals surface area contributed by atoms with E-state index in [2.05, 4.69) is 108 Å². The van der Waals surface area contributed by atoms with Gasteiger partial charge in [-0.15, -0.1) is 0 Å². The Morgan fingerprint density at radius 1 is 0.912 bits per heavy atom. The first kappa shape index (κ1) is 24.2. The molecule has 0 radical (unpaired) electrons. The van der Waals surface area contributed by atoms with Gasteiger partial charge in [0.2, 0.25) is 0 Å². The molecule has 1 fully saturated rings. The Morgan fingerprint density at radius 3 is 2.06 bits per heavy atom. The van der Waals surface area contributed by atoms with Crippen molar-refractivity contribution in [2.75, 3.05) is 53.0 Å². The summed E-state index contributed by atoms with van der Waals surface area (Å²) in [6.07, 6.45) is 2.39. The van der Waals surface area contributed by atoms with Crippen molar-refractivity contribution in [1.82, 2.24) is 9.80 Å². The molecule has 0 aliphatic carbocycles. The van der Waals surface area contributed by atoms with Crippen molar-refractivity contribution >= 4 is 5.57 Å². The topological polar surface area (TPSA) is 24.9 Å². The van der Waals surface area contributed by atoms with Crippen molar-refractivity contribution in [3.05, 3.63) is 108 Å². The van der Waals surface area contributed by atoms with Gasteiger partial charge in [-0.2, -0.15) is 0 Å². The second-order valence-electron chi connectivity index (χ2n) is 8.75. The molecule has 1 aliphatic rings. The molecule has 4 heteroatoms. The molecule has 1 saturated heterocycles. The normalized spacial score (nSPS) is 15.1. The molecule has 178 valence electrons. The Morgan fingerprint density at radius 2 is 1.50 bits per heavy atom. The second-order valence-corrected chi connectivity index (χ2v) is 8.75. The van der Waals surface area contributed by atoms with Crippen LogP contribution in [0.3, 0.4) is 0 Å². The number of nitrogens with zero attached hydrogens (tertiary/aromatic N) is 2. The van der Waals surface area contributed by atoms with Crippen LogP contribution in [-0.2, 0) is 4.74 Å². The van der Waals surface area contributed by atoms with Gasteiger partial charge in [0.05, 0.1) is 20.3 Å². The van der Waals surface area contributed by atoms with Crippen LogP contribution in [0.5, 0.6) is 5.75 Å². The monoisotopic (exact) mass is 456 g/mol. The van der Waals surface area contributed by atoms with Crippen molar-refractivity contribution < 1.29 is 9.47 Å². The lowest BCUT2D eigenvalue weighted by molar-refractivity contribution is 0.0320. The zero-order valence-corrected chi connectivity index (χ0v) is 20.4. The number of ether oxygens (including phenoxy) is 2. The van der Waals surface area contributed by atoms with Gasteiger partial charge in [0, 0.05) is 38.8 Å². The Balaban J connectivity index is 1.58. The third-order valence-corrected chi connectivity index (χ3v) is 6.65. The summed E-state index contributed by atoms with van der Waals surface area (Å²) < 4.78 is 10.9. The molecule has 0 aromatic heterocycles. The van der Waals surface area contributed by atoms with Crippen molar-refractivity contribution in [1.29, 1.82) is 0 Å². The molecule has 3 aromatic rings. The first-order chi connectivity index (χ1) is 16.7. The predicted octanol–water partition coefficient (Wildman–Crippen LogP) is 5.52. The molecule has 4 nitrogen and oxygen atoms in total. The van der Waals surface area contributed by atoms with E-state index in [4.69, 9.17) is 9.47 Å². The van der Waals surface area contributed by atoms with Crippen molar-refractivity contribution in [3.8, 4) is 5.75 Å². The van der Waals surface area contributed by atoms with Crippen LogP contribution in [0.4, 0.5) is 0 Å². The molecule has 1 heterocycles. The lowest BCUT2D eigenvalue weighted by Crippen LogP contribution is -2.42. The van der Waals surface area contributed by atoms with Crippen LogP contribution >= 0.6 is 0 Å². The summed E-state index contributed by atoms with van der Waals surface area (Å²) in [7, 11) is 1.71. The fourth-order valence-corrected chi connectivity index (χ4v) is 4.48. The molecule has 34 heavy (non-hydrogen) atoms. The standard InChI is InChI=1S/C30H36N2O2/c1-25(26-13-15-29(33-2)16-14-26)32(20-19-31-21-23-34-24-22-31)18-17-30(27-9-5-3-6-10-27)28-11-7-4-8-12-28/h3-17,25H,18-24H2,1-2H3. The summed E-state index contributed by atoms with van der Waals surface area (Å²) in [4.78, 5) is 5.08. The minimum atomic E-state index is 0.288. The highest BCUT2D eigenvalue weighted by Gasteiger charge is 2.18. The third kappa shape index (κ3) is 6.57. The zero-order chi connectivity index (χ0) is 23.6. The summed E-state index contributed by atoms with van der Waals surface area (Å²) in [6, 6.07) is 30.2. The molecule has 1 unspecified atom stereocenters. The van der Waals surface area contributed by atoms with Crippen LogP contribution in [0.15, 0.2) is 91.0 Å². The van der Waals surface area contributed by atoms with Crippen LogP contribution in [-0.4, -0.2) is 62.8 Å². The lowest BCUT2D eigenvalue weighted by atomic mass is 9.97. The second kappa shape index (κ2) is 12.5. The minimum Gasteiger partial charge on any atom is -0.497 e. The number of benzene rings is 3. The summed E-state index contributed by atoms with van der Waals surface area (Å²) >= 11 is 0. The highest BCUT2D eigenvalue weighted by Crippen LogP contribution is 2.26. The molecular weight excluding hydrogens is 420 g/mol. The van der Waals surface area contributed by atoms with Gasteiger partial charge < -0.3 is 9.47 Å². The molecule has 0 spiro atoms. The molecule has 0 saturated carbocycles. The van der Waals surface area contributed by atoms with Gasteiger partial charge in [-0.25, -0.2) is 0 Å². The summed E-state index contributed by atoms with van der Waals surface area (Å²) in [5, 5.41) is 0. The van der Waals surface area contributed by atoms with E-state index >= 15 is 0 Å². The van der Waals surface area contributed by atoms with Crippen LogP contribution in [0, 0.1) is 0 Å². The van der Waals surface area contributed by atoms with E-state index < -0.39 is 0 Å². The van der Waals surface area contributed by atoms with Crippen molar-refractivity contribution in [2.45, 2.75) is 13.0 Å². The van der Waals surface area contributed by atoms with Gasteiger partial charge >= 0.3 is 0 Å². The maximum absolute atomic E-state index is 5.55. The number of hydrogen-bond donors (Lipinski definition) is 0. The van der Waals surface area contributed by atoms with Gasteiger partial charge in [0.1, 0.15) is 5.75 Å². The van der Waals surface area contributed by atoms with E-state index in [0.717, 1.165) is 51.7 Å². The number of methoxy groups -OCH3 is 1. The largest absolute Gasteiger partial charge is 0.497 e.